The fourth-order valence-corrected chi connectivity index (χ4v) is 3.90. The van der Waals surface area contributed by atoms with E-state index in [0.29, 0.717) is 0 Å². The standard InChI is InChI=1S/C21H19N3OS/c1-14(15-6-4-3-5-7-15)24-20-18-12-19(26-21(18)23-13-22-20)16-8-10-17(25-2)11-9-16/h3-14H,1-2H3,(H,22,23,24)/t14-/m1/s1. The number of nitrogens with zero attached hydrogens (tertiary/aromatic N) is 2. The van der Waals surface area contributed by atoms with Crippen molar-refractivity contribution in [3.8, 4) is 16.2 Å². The van der Waals surface area contributed by atoms with Crippen molar-refractivity contribution in [3.05, 3.63) is 72.6 Å². The normalized spacial score (nSPS) is 12.1. The van der Waals surface area contributed by atoms with E-state index >= 15 is 0 Å². The molecule has 26 heavy (non-hydrogen) atoms. The summed E-state index contributed by atoms with van der Waals surface area (Å²) in [5.74, 6) is 1.72. The number of hydrogen-bond donors (Lipinski definition) is 1. The molecule has 0 aliphatic rings. The summed E-state index contributed by atoms with van der Waals surface area (Å²) in [4.78, 5) is 11.1. The molecule has 0 aliphatic heterocycles. The second kappa shape index (κ2) is 7.14. The van der Waals surface area contributed by atoms with E-state index in [1.165, 1.54) is 10.4 Å². The van der Waals surface area contributed by atoms with Crippen LogP contribution in [0.3, 0.4) is 0 Å². The van der Waals surface area contributed by atoms with Gasteiger partial charge in [0.1, 0.15) is 22.7 Å². The van der Waals surface area contributed by atoms with Crippen LogP contribution in [-0.4, -0.2) is 17.1 Å². The summed E-state index contributed by atoms with van der Waals surface area (Å²) in [5.41, 5.74) is 2.38. The first kappa shape index (κ1) is 16.5. The predicted molar refractivity (Wildman–Crippen MR) is 108 cm³/mol. The Morgan fingerprint density at radius 1 is 1.00 bits per heavy atom. The maximum absolute atomic E-state index is 5.24. The fourth-order valence-electron chi connectivity index (χ4n) is 2.90. The Morgan fingerprint density at radius 2 is 1.77 bits per heavy atom. The van der Waals surface area contributed by atoms with Gasteiger partial charge in [0.05, 0.1) is 12.5 Å². The molecule has 4 rings (SSSR count). The van der Waals surface area contributed by atoms with E-state index in [2.05, 4.69) is 64.7 Å². The van der Waals surface area contributed by atoms with Crippen molar-refractivity contribution < 1.29 is 4.74 Å². The lowest BCUT2D eigenvalue weighted by molar-refractivity contribution is 0.415. The zero-order valence-corrected chi connectivity index (χ0v) is 15.5. The van der Waals surface area contributed by atoms with Crippen molar-refractivity contribution in [3.63, 3.8) is 0 Å². The van der Waals surface area contributed by atoms with E-state index in [-0.39, 0.29) is 6.04 Å². The molecular formula is C21H19N3OS. The van der Waals surface area contributed by atoms with Gasteiger partial charge >= 0.3 is 0 Å². The number of anilines is 1. The Bertz CT molecular complexity index is 1010. The Hall–Kier alpha value is -2.92. The Labute approximate surface area is 156 Å². The summed E-state index contributed by atoms with van der Waals surface area (Å²) in [6.45, 7) is 2.14. The van der Waals surface area contributed by atoms with E-state index in [0.717, 1.165) is 27.3 Å². The van der Waals surface area contributed by atoms with Gasteiger partial charge in [0.2, 0.25) is 0 Å². The first-order chi connectivity index (χ1) is 12.7. The summed E-state index contributed by atoms with van der Waals surface area (Å²) in [6.07, 6.45) is 1.62. The van der Waals surface area contributed by atoms with Crippen LogP contribution in [0.25, 0.3) is 20.7 Å². The molecule has 2 heterocycles. The molecule has 130 valence electrons. The number of benzene rings is 2. The summed E-state index contributed by atoms with van der Waals surface area (Å²) in [7, 11) is 1.68. The molecule has 0 amide bonds. The van der Waals surface area contributed by atoms with E-state index < -0.39 is 0 Å². The second-order valence-corrected chi connectivity index (χ2v) is 7.09. The van der Waals surface area contributed by atoms with E-state index in [4.69, 9.17) is 4.74 Å². The molecule has 1 atom stereocenters. The van der Waals surface area contributed by atoms with Gasteiger partial charge in [0, 0.05) is 10.9 Å². The Morgan fingerprint density at radius 3 is 2.50 bits per heavy atom. The molecule has 0 aliphatic carbocycles. The second-order valence-electron chi connectivity index (χ2n) is 6.06. The number of ether oxygens (including phenoxy) is 1. The van der Waals surface area contributed by atoms with Crippen molar-refractivity contribution in [2.45, 2.75) is 13.0 Å². The van der Waals surface area contributed by atoms with Gasteiger partial charge in [0.25, 0.3) is 0 Å². The molecule has 0 radical (unpaired) electrons. The minimum absolute atomic E-state index is 0.165. The third-order valence-electron chi connectivity index (χ3n) is 4.36. The molecule has 0 fully saturated rings. The van der Waals surface area contributed by atoms with Gasteiger partial charge < -0.3 is 10.1 Å². The molecule has 0 spiro atoms. The van der Waals surface area contributed by atoms with E-state index in [1.54, 1.807) is 24.8 Å². The molecule has 1 N–H and O–H groups in total. The maximum Gasteiger partial charge on any atom is 0.138 e. The van der Waals surface area contributed by atoms with Gasteiger partial charge in [-0.3, -0.25) is 0 Å². The molecule has 0 bridgehead atoms. The first-order valence-electron chi connectivity index (χ1n) is 8.45. The quantitative estimate of drug-likeness (QED) is 0.507. The summed E-state index contributed by atoms with van der Waals surface area (Å²) >= 11 is 1.67. The van der Waals surface area contributed by atoms with Gasteiger partial charge in [-0.25, -0.2) is 9.97 Å². The third-order valence-corrected chi connectivity index (χ3v) is 5.45. The van der Waals surface area contributed by atoms with Crippen LogP contribution in [-0.2, 0) is 0 Å². The van der Waals surface area contributed by atoms with Gasteiger partial charge in [-0.05, 0) is 48.4 Å². The molecule has 0 unspecified atom stereocenters. The molecule has 4 nitrogen and oxygen atoms in total. The third kappa shape index (κ3) is 3.26. The Balaban J connectivity index is 1.67. The highest BCUT2D eigenvalue weighted by atomic mass is 32.1. The van der Waals surface area contributed by atoms with Crippen molar-refractivity contribution >= 4 is 27.4 Å². The molecule has 0 saturated heterocycles. The highest BCUT2D eigenvalue weighted by molar-refractivity contribution is 7.21. The van der Waals surface area contributed by atoms with Crippen molar-refractivity contribution in [1.82, 2.24) is 9.97 Å². The number of rotatable bonds is 5. The number of methoxy groups -OCH3 is 1. The minimum Gasteiger partial charge on any atom is -0.497 e. The number of fused-ring (bicyclic) bond motifs is 1. The SMILES string of the molecule is COc1ccc(-c2cc3c(N[C@H](C)c4ccccc4)ncnc3s2)cc1. The summed E-state index contributed by atoms with van der Waals surface area (Å²) in [6, 6.07) is 20.8. The van der Waals surface area contributed by atoms with Crippen LogP contribution in [0.5, 0.6) is 5.75 Å². The van der Waals surface area contributed by atoms with Gasteiger partial charge in [-0.2, -0.15) is 0 Å². The molecule has 5 heteroatoms. The minimum atomic E-state index is 0.165. The highest BCUT2D eigenvalue weighted by Crippen LogP contribution is 2.36. The van der Waals surface area contributed by atoms with Crippen LogP contribution < -0.4 is 10.1 Å². The van der Waals surface area contributed by atoms with Gasteiger partial charge in [0.15, 0.2) is 0 Å². The van der Waals surface area contributed by atoms with E-state index in [9.17, 15) is 0 Å². The lowest BCUT2D eigenvalue weighted by Crippen LogP contribution is -2.08. The summed E-state index contributed by atoms with van der Waals surface area (Å²) < 4.78 is 5.24. The van der Waals surface area contributed by atoms with Crippen LogP contribution in [0.4, 0.5) is 5.82 Å². The van der Waals surface area contributed by atoms with Gasteiger partial charge in [-0.1, -0.05) is 30.3 Å². The van der Waals surface area contributed by atoms with Crippen LogP contribution in [0, 0.1) is 0 Å². The van der Waals surface area contributed by atoms with Crippen molar-refractivity contribution in [2.24, 2.45) is 0 Å². The van der Waals surface area contributed by atoms with Crippen LogP contribution >= 0.6 is 11.3 Å². The summed E-state index contributed by atoms with van der Waals surface area (Å²) in [5, 5.41) is 4.57. The monoisotopic (exact) mass is 361 g/mol. The van der Waals surface area contributed by atoms with Crippen molar-refractivity contribution in [1.29, 1.82) is 0 Å². The Kier molecular flexibility index (Phi) is 4.54. The number of thiophene rings is 1. The predicted octanol–water partition coefficient (Wildman–Crippen LogP) is 5.54. The zero-order valence-electron chi connectivity index (χ0n) is 14.6. The van der Waals surface area contributed by atoms with E-state index in [1.807, 2.05) is 18.2 Å². The fraction of sp³-hybridized carbons (Fsp3) is 0.143. The van der Waals surface area contributed by atoms with Crippen LogP contribution in [0.15, 0.2) is 67.0 Å². The molecule has 4 aromatic rings. The maximum atomic E-state index is 5.24. The van der Waals surface area contributed by atoms with Crippen molar-refractivity contribution in [2.75, 3.05) is 12.4 Å². The number of nitrogens with one attached hydrogen (secondary N) is 1. The highest BCUT2D eigenvalue weighted by Gasteiger charge is 2.13. The number of hydrogen-bond acceptors (Lipinski definition) is 5. The number of aromatic nitrogens is 2. The molecular weight excluding hydrogens is 342 g/mol. The lowest BCUT2D eigenvalue weighted by atomic mass is 10.1. The molecule has 2 aromatic heterocycles. The largest absolute Gasteiger partial charge is 0.497 e. The zero-order chi connectivity index (χ0) is 17.9. The van der Waals surface area contributed by atoms with Crippen LogP contribution in [0.1, 0.15) is 18.5 Å². The average molecular weight is 361 g/mol. The molecule has 2 aromatic carbocycles. The smallest absolute Gasteiger partial charge is 0.138 e. The molecule has 0 saturated carbocycles. The average Bonchev–Trinajstić information content (AvgIpc) is 3.14. The topological polar surface area (TPSA) is 47.0 Å². The van der Waals surface area contributed by atoms with Gasteiger partial charge in [-0.15, -0.1) is 11.3 Å². The first-order valence-corrected chi connectivity index (χ1v) is 9.26. The van der Waals surface area contributed by atoms with Crippen LogP contribution in [0.2, 0.25) is 0 Å². The lowest BCUT2D eigenvalue weighted by Gasteiger charge is -2.15.